The van der Waals surface area contributed by atoms with Crippen LogP contribution in [0, 0.1) is 11.3 Å². The fourth-order valence-electron chi connectivity index (χ4n) is 0.0707. The summed E-state index contributed by atoms with van der Waals surface area (Å²) in [4.78, 5) is 0. The molecule has 0 aromatic heterocycles. The van der Waals surface area contributed by atoms with Gasteiger partial charge in [0, 0.05) is 19.3 Å². The van der Waals surface area contributed by atoms with Crippen molar-refractivity contribution in [2.24, 2.45) is 0 Å². The van der Waals surface area contributed by atoms with Gasteiger partial charge in [-0.25, -0.2) is 0 Å². The smallest absolute Gasteiger partial charge is 0.0905 e. The van der Waals surface area contributed by atoms with Crippen LogP contribution >= 0.6 is 0 Å². The largest absolute Gasteiger partial charge is 0.396 e. The molecule has 0 aromatic carbocycles. The number of nitriles is 1. The first-order valence-corrected chi connectivity index (χ1v) is 2.55. The van der Waals surface area contributed by atoms with Crippen LogP contribution in [-0.2, 0) is 0 Å². The molecule has 0 radical (unpaired) electrons. The van der Waals surface area contributed by atoms with Crippen LogP contribution in [-0.4, -0.2) is 23.4 Å². The summed E-state index contributed by atoms with van der Waals surface area (Å²) >= 11 is 0. The highest BCUT2D eigenvalue weighted by Crippen LogP contribution is 1.65. The van der Waals surface area contributed by atoms with Gasteiger partial charge in [0.25, 0.3) is 0 Å². The molecule has 9 heavy (non-hydrogen) atoms. The molecule has 0 unspecified atom stereocenters. The van der Waals surface area contributed by atoms with Crippen molar-refractivity contribution in [2.75, 3.05) is 13.2 Å². The van der Waals surface area contributed by atoms with Crippen LogP contribution in [0.3, 0.4) is 0 Å². The first-order chi connectivity index (χ1) is 4.33. The molecule has 0 saturated carbocycles. The average molecular weight is 129 g/mol. The Morgan fingerprint density at radius 3 is 1.78 bits per heavy atom. The summed E-state index contributed by atoms with van der Waals surface area (Å²) in [5, 5.41) is 23.3. The summed E-state index contributed by atoms with van der Waals surface area (Å²) < 4.78 is 0. The van der Waals surface area contributed by atoms with Crippen molar-refractivity contribution in [3.8, 4) is 6.07 Å². The molecule has 52 valence electrons. The molecule has 0 spiro atoms. The zero-order chi connectivity index (χ0) is 7.54. The van der Waals surface area contributed by atoms with Crippen molar-refractivity contribution in [2.45, 2.75) is 6.42 Å². The molecule has 0 aliphatic carbocycles. The number of allylic oxidation sites excluding steroid dienone is 1. The second-order valence-corrected chi connectivity index (χ2v) is 1.13. The highest BCUT2D eigenvalue weighted by molar-refractivity contribution is 4.93. The lowest BCUT2D eigenvalue weighted by Gasteiger charge is -1.79. The molecule has 0 aliphatic heterocycles. The number of hydrogen-bond acceptors (Lipinski definition) is 3. The highest BCUT2D eigenvalue weighted by atomic mass is 16.3. The fourth-order valence-corrected chi connectivity index (χ4v) is 0.0707. The van der Waals surface area contributed by atoms with Crippen LogP contribution in [0.25, 0.3) is 0 Å². The zero-order valence-corrected chi connectivity index (χ0v) is 5.25. The van der Waals surface area contributed by atoms with Crippen molar-refractivity contribution in [3.63, 3.8) is 0 Å². The van der Waals surface area contributed by atoms with Crippen LogP contribution in [0.1, 0.15) is 6.42 Å². The normalized spacial score (nSPS) is 6.33. The SMILES string of the molecule is C=CC#N.OCCCO. The third-order valence-electron chi connectivity index (χ3n) is 0.408. The Balaban J connectivity index is 0. The van der Waals surface area contributed by atoms with Crippen LogP contribution in [0.4, 0.5) is 0 Å². The van der Waals surface area contributed by atoms with E-state index < -0.39 is 0 Å². The Hall–Kier alpha value is -0.850. The van der Waals surface area contributed by atoms with Crippen molar-refractivity contribution in [3.05, 3.63) is 12.7 Å². The number of nitrogens with zero attached hydrogens (tertiary/aromatic N) is 1. The third-order valence-corrected chi connectivity index (χ3v) is 0.408. The highest BCUT2D eigenvalue weighted by Gasteiger charge is 1.70. The van der Waals surface area contributed by atoms with Gasteiger partial charge in [-0.05, 0) is 6.42 Å². The van der Waals surface area contributed by atoms with Crippen LogP contribution in [0.15, 0.2) is 12.7 Å². The van der Waals surface area contributed by atoms with E-state index in [0.29, 0.717) is 6.42 Å². The minimum Gasteiger partial charge on any atom is -0.396 e. The minimum absolute atomic E-state index is 0.0938. The molecule has 0 amide bonds. The molecular weight excluding hydrogens is 118 g/mol. The quantitative estimate of drug-likeness (QED) is 0.518. The Bertz CT molecular complexity index is 83.5. The van der Waals surface area contributed by atoms with E-state index >= 15 is 0 Å². The average Bonchev–Trinajstić information content (AvgIpc) is 1.91. The standard InChI is InChI=1S/C3H3N.C3H8O2/c1-2-3-4;4-2-1-3-5/h2H,1H2;4-5H,1-3H2. The monoisotopic (exact) mass is 129 g/mol. The molecule has 0 saturated heterocycles. The van der Waals surface area contributed by atoms with Gasteiger partial charge in [0.05, 0.1) is 6.07 Å². The van der Waals surface area contributed by atoms with E-state index in [0.717, 1.165) is 0 Å². The molecule has 0 aromatic rings. The molecule has 3 heteroatoms. The van der Waals surface area contributed by atoms with Gasteiger partial charge in [-0.15, -0.1) is 0 Å². The van der Waals surface area contributed by atoms with Gasteiger partial charge < -0.3 is 10.2 Å². The molecule has 3 nitrogen and oxygen atoms in total. The van der Waals surface area contributed by atoms with Crippen molar-refractivity contribution >= 4 is 0 Å². The fraction of sp³-hybridized carbons (Fsp3) is 0.500. The van der Waals surface area contributed by atoms with Crippen LogP contribution in [0.5, 0.6) is 0 Å². The van der Waals surface area contributed by atoms with Crippen LogP contribution in [0.2, 0.25) is 0 Å². The summed E-state index contributed by atoms with van der Waals surface area (Å²) in [5.74, 6) is 0. The maximum Gasteiger partial charge on any atom is 0.0905 e. The van der Waals surface area contributed by atoms with Gasteiger partial charge in [-0.2, -0.15) is 5.26 Å². The number of hydrogen-bond donors (Lipinski definition) is 2. The first-order valence-electron chi connectivity index (χ1n) is 2.55. The zero-order valence-electron chi connectivity index (χ0n) is 5.25. The number of aliphatic hydroxyl groups is 2. The lowest BCUT2D eigenvalue weighted by Crippen LogP contribution is -1.85. The van der Waals surface area contributed by atoms with E-state index in [1.165, 1.54) is 6.08 Å². The van der Waals surface area contributed by atoms with E-state index in [4.69, 9.17) is 15.5 Å². The Labute approximate surface area is 54.9 Å². The van der Waals surface area contributed by atoms with Gasteiger partial charge in [-0.3, -0.25) is 0 Å². The van der Waals surface area contributed by atoms with E-state index in [9.17, 15) is 0 Å². The number of rotatable bonds is 2. The molecule has 0 fully saturated rings. The first kappa shape index (κ1) is 11.0. The van der Waals surface area contributed by atoms with Gasteiger partial charge in [0.1, 0.15) is 0 Å². The molecular formula is C6H11NO2. The second-order valence-electron chi connectivity index (χ2n) is 1.13. The molecule has 0 aliphatic rings. The van der Waals surface area contributed by atoms with Gasteiger partial charge in [-0.1, -0.05) is 6.58 Å². The molecule has 2 N–H and O–H groups in total. The summed E-state index contributed by atoms with van der Waals surface area (Å²) in [5.41, 5.74) is 0. The third kappa shape index (κ3) is 41.0. The molecule has 0 atom stereocenters. The van der Waals surface area contributed by atoms with Gasteiger partial charge in [0.15, 0.2) is 0 Å². The molecule has 0 bridgehead atoms. The topological polar surface area (TPSA) is 64.2 Å². The Kier molecular flexibility index (Phi) is 19.2. The Morgan fingerprint density at radius 2 is 1.78 bits per heavy atom. The lowest BCUT2D eigenvalue weighted by atomic mass is 10.5. The maximum absolute atomic E-state index is 7.91. The minimum atomic E-state index is 0.0938. The van der Waals surface area contributed by atoms with E-state index in [1.54, 1.807) is 6.07 Å². The van der Waals surface area contributed by atoms with Gasteiger partial charge in [0.2, 0.25) is 0 Å². The van der Waals surface area contributed by atoms with Crippen molar-refractivity contribution in [1.29, 1.82) is 5.26 Å². The van der Waals surface area contributed by atoms with E-state index in [-0.39, 0.29) is 13.2 Å². The van der Waals surface area contributed by atoms with Crippen LogP contribution < -0.4 is 0 Å². The maximum atomic E-state index is 7.91. The summed E-state index contributed by atoms with van der Waals surface area (Å²) in [7, 11) is 0. The summed E-state index contributed by atoms with van der Waals surface area (Å²) in [6, 6.07) is 1.69. The predicted molar refractivity (Wildman–Crippen MR) is 34.6 cm³/mol. The number of aliphatic hydroxyl groups excluding tert-OH is 2. The Morgan fingerprint density at radius 1 is 1.44 bits per heavy atom. The molecule has 0 rings (SSSR count). The summed E-state index contributed by atoms with van der Waals surface area (Å²) in [6.45, 7) is 3.31. The predicted octanol–water partition coefficient (Wildman–Crippen LogP) is 0.0571. The van der Waals surface area contributed by atoms with E-state index in [1.807, 2.05) is 0 Å². The van der Waals surface area contributed by atoms with Crippen molar-refractivity contribution in [1.82, 2.24) is 0 Å². The second kappa shape index (κ2) is 15.7. The summed E-state index contributed by atoms with van der Waals surface area (Å²) in [6.07, 6.45) is 1.68. The lowest BCUT2D eigenvalue weighted by molar-refractivity contribution is 0.221. The molecule has 0 heterocycles. The van der Waals surface area contributed by atoms with Gasteiger partial charge >= 0.3 is 0 Å². The van der Waals surface area contributed by atoms with E-state index in [2.05, 4.69) is 6.58 Å². The van der Waals surface area contributed by atoms with Crippen molar-refractivity contribution < 1.29 is 10.2 Å².